The summed E-state index contributed by atoms with van der Waals surface area (Å²) < 4.78 is 14.7. The van der Waals surface area contributed by atoms with Crippen LogP contribution in [0.3, 0.4) is 0 Å². The van der Waals surface area contributed by atoms with Crippen molar-refractivity contribution in [2.45, 2.75) is 19.4 Å². The Kier molecular flexibility index (Phi) is 3.73. The summed E-state index contributed by atoms with van der Waals surface area (Å²) in [5, 5.41) is 0.568. The Morgan fingerprint density at radius 1 is 1.24 bits per heavy atom. The van der Waals surface area contributed by atoms with Crippen LogP contribution in [0.4, 0.5) is 4.39 Å². The summed E-state index contributed by atoms with van der Waals surface area (Å²) >= 11 is 0. The van der Waals surface area contributed by atoms with Crippen LogP contribution in [-0.4, -0.2) is 14.5 Å². The van der Waals surface area contributed by atoms with Crippen molar-refractivity contribution in [3.05, 3.63) is 70.8 Å². The lowest BCUT2D eigenvalue weighted by molar-refractivity contribution is 0.607. The first-order valence-electron chi connectivity index (χ1n) is 6.77. The molecule has 0 aliphatic rings. The van der Waals surface area contributed by atoms with E-state index in [1.54, 1.807) is 29.1 Å². The molecule has 1 aromatic carbocycles. The molecule has 2 aromatic heterocycles. The summed E-state index contributed by atoms with van der Waals surface area (Å²) in [6, 6.07) is 8.20. The molecule has 0 unspecified atom stereocenters. The number of hydrogen-bond acceptors (Lipinski definition) is 3. The van der Waals surface area contributed by atoms with E-state index in [-0.39, 0.29) is 11.4 Å². The number of benzene rings is 1. The second-order valence-corrected chi connectivity index (χ2v) is 4.87. The highest BCUT2D eigenvalue weighted by molar-refractivity contribution is 5.75. The summed E-state index contributed by atoms with van der Waals surface area (Å²) in [5.41, 5.74) is 1.46. The van der Waals surface area contributed by atoms with Crippen LogP contribution < -0.4 is 5.56 Å². The number of nitrogens with zero attached hydrogens (tertiary/aromatic N) is 3. The fraction of sp³-hybridized carbons (Fsp3) is 0.188. The van der Waals surface area contributed by atoms with Gasteiger partial charge < -0.3 is 0 Å². The lowest BCUT2D eigenvalue weighted by atomic mass is 10.1. The predicted octanol–water partition coefficient (Wildman–Crippen LogP) is 2.56. The van der Waals surface area contributed by atoms with Crippen LogP contribution in [0.15, 0.2) is 53.8 Å². The van der Waals surface area contributed by atoms with E-state index >= 15 is 0 Å². The first-order chi connectivity index (χ1) is 10.2. The maximum atomic E-state index is 13.1. The predicted molar refractivity (Wildman–Crippen MR) is 78.5 cm³/mol. The molecule has 0 aliphatic heterocycles. The normalized spacial score (nSPS) is 10.9. The van der Waals surface area contributed by atoms with Crippen molar-refractivity contribution < 1.29 is 4.39 Å². The topological polar surface area (TPSA) is 47.8 Å². The third-order valence-electron chi connectivity index (χ3n) is 3.38. The molecule has 0 radical (unpaired) electrons. The van der Waals surface area contributed by atoms with Crippen molar-refractivity contribution in [1.29, 1.82) is 0 Å². The summed E-state index contributed by atoms with van der Waals surface area (Å²) in [6.45, 7) is 0.556. The summed E-state index contributed by atoms with van der Waals surface area (Å²) in [6.07, 6.45) is 6.18. The highest BCUT2D eigenvalue weighted by Gasteiger charge is 2.03. The van der Waals surface area contributed by atoms with E-state index in [0.717, 1.165) is 18.4 Å². The standard InChI is InChI=1S/C16H14FN3O/c17-13-5-1-3-12(9-13)4-2-8-20-11-19-15-10-18-7-6-14(15)16(20)21/h1,3,5-7,9-11H,2,4,8H2. The first kappa shape index (κ1) is 13.4. The second-order valence-electron chi connectivity index (χ2n) is 4.87. The molecule has 21 heavy (non-hydrogen) atoms. The molecule has 0 saturated carbocycles. The number of rotatable bonds is 4. The van der Waals surface area contributed by atoms with Gasteiger partial charge in [-0.3, -0.25) is 14.3 Å². The Labute approximate surface area is 120 Å². The molecule has 0 fully saturated rings. The average molecular weight is 283 g/mol. The average Bonchev–Trinajstić information content (AvgIpc) is 2.50. The third kappa shape index (κ3) is 2.97. The van der Waals surface area contributed by atoms with Gasteiger partial charge in [0.2, 0.25) is 0 Å². The van der Waals surface area contributed by atoms with Gasteiger partial charge in [-0.25, -0.2) is 9.37 Å². The number of fused-ring (bicyclic) bond motifs is 1. The van der Waals surface area contributed by atoms with Gasteiger partial charge >= 0.3 is 0 Å². The molecule has 0 amide bonds. The van der Waals surface area contributed by atoms with Crippen molar-refractivity contribution in [2.75, 3.05) is 0 Å². The molecule has 4 nitrogen and oxygen atoms in total. The Bertz CT molecular complexity index is 829. The first-order valence-corrected chi connectivity index (χ1v) is 6.77. The van der Waals surface area contributed by atoms with Gasteiger partial charge in [-0.05, 0) is 36.6 Å². The SMILES string of the molecule is O=c1c2ccncc2ncn1CCCc1cccc(F)c1. The minimum Gasteiger partial charge on any atom is -0.299 e. The summed E-state index contributed by atoms with van der Waals surface area (Å²) in [7, 11) is 0. The van der Waals surface area contributed by atoms with E-state index in [1.165, 1.54) is 18.5 Å². The number of halogens is 1. The van der Waals surface area contributed by atoms with Crippen molar-refractivity contribution in [2.24, 2.45) is 0 Å². The fourth-order valence-corrected chi connectivity index (χ4v) is 2.31. The molecule has 2 heterocycles. The number of pyridine rings is 1. The van der Waals surface area contributed by atoms with Crippen molar-refractivity contribution in [3.63, 3.8) is 0 Å². The molecule has 0 N–H and O–H groups in total. The van der Waals surface area contributed by atoms with Crippen LogP contribution in [0, 0.1) is 5.82 Å². The Balaban J connectivity index is 1.74. The van der Waals surface area contributed by atoms with E-state index in [9.17, 15) is 9.18 Å². The lowest BCUT2D eigenvalue weighted by Gasteiger charge is -2.06. The largest absolute Gasteiger partial charge is 0.299 e. The lowest BCUT2D eigenvalue weighted by Crippen LogP contribution is -2.21. The maximum Gasteiger partial charge on any atom is 0.261 e. The van der Waals surface area contributed by atoms with Gasteiger partial charge in [0.15, 0.2) is 0 Å². The molecule has 106 valence electrons. The van der Waals surface area contributed by atoms with Gasteiger partial charge in [0.25, 0.3) is 5.56 Å². The third-order valence-corrected chi connectivity index (χ3v) is 3.38. The zero-order valence-electron chi connectivity index (χ0n) is 11.4. The van der Waals surface area contributed by atoms with Crippen LogP contribution in [0.5, 0.6) is 0 Å². The second kappa shape index (κ2) is 5.83. The van der Waals surface area contributed by atoms with Crippen molar-refractivity contribution in [3.8, 4) is 0 Å². The molecule has 0 bridgehead atoms. The monoisotopic (exact) mass is 283 g/mol. The maximum absolute atomic E-state index is 13.1. The van der Waals surface area contributed by atoms with Gasteiger partial charge in [0, 0.05) is 12.7 Å². The zero-order valence-corrected chi connectivity index (χ0v) is 11.4. The van der Waals surface area contributed by atoms with Crippen LogP contribution in [0.25, 0.3) is 10.9 Å². The molecular formula is C16H14FN3O. The number of hydrogen-bond donors (Lipinski definition) is 0. The Hall–Kier alpha value is -2.56. The van der Waals surface area contributed by atoms with Gasteiger partial charge in [0.1, 0.15) is 5.82 Å². The minimum atomic E-state index is -0.232. The fourth-order valence-electron chi connectivity index (χ4n) is 2.31. The molecule has 0 saturated heterocycles. The van der Waals surface area contributed by atoms with Crippen LogP contribution >= 0.6 is 0 Å². The van der Waals surface area contributed by atoms with Crippen LogP contribution in [0.1, 0.15) is 12.0 Å². The van der Waals surface area contributed by atoms with E-state index < -0.39 is 0 Å². The molecule has 5 heteroatoms. The van der Waals surface area contributed by atoms with Crippen LogP contribution in [0.2, 0.25) is 0 Å². The zero-order chi connectivity index (χ0) is 14.7. The summed E-state index contributed by atoms with van der Waals surface area (Å²) in [5.74, 6) is -0.232. The highest BCUT2D eigenvalue weighted by atomic mass is 19.1. The van der Waals surface area contributed by atoms with Crippen molar-refractivity contribution in [1.82, 2.24) is 14.5 Å². The van der Waals surface area contributed by atoms with E-state index in [0.29, 0.717) is 17.4 Å². The van der Waals surface area contributed by atoms with Gasteiger partial charge in [-0.2, -0.15) is 0 Å². The molecule has 3 aromatic rings. The smallest absolute Gasteiger partial charge is 0.261 e. The molecular weight excluding hydrogens is 269 g/mol. The summed E-state index contributed by atoms with van der Waals surface area (Å²) in [4.78, 5) is 20.4. The molecule has 0 atom stereocenters. The van der Waals surface area contributed by atoms with Gasteiger partial charge in [0.05, 0.1) is 23.4 Å². The number of aromatic nitrogens is 3. The highest BCUT2D eigenvalue weighted by Crippen LogP contribution is 2.07. The van der Waals surface area contributed by atoms with Crippen LogP contribution in [-0.2, 0) is 13.0 Å². The van der Waals surface area contributed by atoms with Gasteiger partial charge in [-0.1, -0.05) is 12.1 Å². The molecule has 0 spiro atoms. The van der Waals surface area contributed by atoms with E-state index in [2.05, 4.69) is 9.97 Å². The van der Waals surface area contributed by atoms with E-state index in [4.69, 9.17) is 0 Å². The van der Waals surface area contributed by atoms with E-state index in [1.807, 2.05) is 6.07 Å². The minimum absolute atomic E-state index is 0.0679. The molecule has 0 aliphatic carbocycles. The Morgan fingerprint density at radius 2 is 2.14 bits per heavy atom. The quantitative estimate of drug-likeness (QED) is 0.739. The number of aryl methyl sites for hydroxylation is 2. The molecule has 3 rings (SSSR count). The Morgan fingerprint density at radius 3 is 3.00 bits per heavy atom. The van der Waals surface area contributed by atoms with Crippen molar-refractivity contribution >= 4 is 10.9 Å². The van der Waals surface area contributed by atoms with Gasteiger partial charge in [-0.15, -0.1) is 0 Å².